The molecule has 0 aromatic heterocycles. The molecular weight excluding hydrogens is 529 g/mol. The molecule has 13 heavy (non-hydrogen) atoms. The lowest BCUT2D eigenvalue weighted by atomic mass is 10.4. The summed E-state index contributed by atoms with van der Waals surface area (Å²) >= 11 is 5.72. The number of rotatable bonds is 2. The summed E-state index contributed by atoms with van der Waals surface area (Å²) in [6.45, 7) is 0. The van der Waals surface area contributed by atoms with Crippen LogP contribution in [0.2, 0.25) is 0 Å². The van der Waals surface area contributed by atoms with Gasteiger partial charge in [0.25, 0.3) is 0 Å². The molecule has 0 spiro atoms. The molecule has 1 aromatic carbocycles. The van der Waals surface area contributed by atoms with Crippen LogP contribution in [0.3, 0.4) is 0 Å². The lowest BCUT2D eigenvalue weighted by Crippen LogP contribution is -2.17. The number of benzene rings is 1. The number of alkyl halides is 3. The Hall–Kier alpha value is 1.36. The maximum absolute atomic E-state index is 11.8. The molecule has 0 heterocycles. The highest BCUT2D eigenvalue weighted by Crippen LogP contribution is 2.44. The van der Waals surface area contributed by atoms with Gasteiger partial charge in [-0.2, -0.15) is 0 Å². The molecule has 2 nitrogen and oxygen atoms in total. The van der Waals surface area contributed by atoms with Crippen molar-refractivity contribution in [2.24, 2.45) is 0 Å². The molecule has 0 saturated heterocycles. The maximum Gasteiger partial charge on any atom is 0.227 e. The zero-order chi connectivity index (χ0) is 10.1. The average molecular weight is 534 g/mol. The molecule has 0 atom stereocenters. The first-order valence-corrected chi connectivity index (χ1v) is 7.94. The fourth-order valence-corrected chi connectivity index (χ4v) is 3.80. The minimum Gasteiger partial charge on any atom is -0.221 e. The number of sulfone groups is 1. The molecule has 0 aliphatic rings. The molecule has 0 saturated carbocycles. The van der Waals surface area contributed by atoms with Crippen LogP contribution < -0.4 is 0 Å². The van der Waals surface area contributed by atoms with Gasteiger partial charge >= 0.3 is 0 Å². The van der Waals surface area contributed by atoms with E-state index in [0.29, 0.717) is 4.90 Å². The Morgan fingerprint density at radius 3 is 1.85 bits per heavy atom. The summed E-state index contributed by atoms with van der Waals surface area (Å²) in [6, 6.07) is 8.47. The van der Waals surface area contributed by atoms with E-state index in [9.17, 15) is 8.42 Å². The van der Waals surface area contributed by atoms with Crippen LogP contribution in [0.25, 0.3) is 0 Å². The van der Waals surface area contributed by atoms with Crippen molar-refractivity contribution in [1.82, 2.24) is 0 Å². The van der Waals surface area contributed by atoms with E-state index in [2.05, 4.69) is 0 Å². The van der Waals surface area contributed by atoms with Crippen LogP contribution in [-0.4, -0.2) is 7.19 Å². The van der Waals surface area contributed by atoms with Gasteiger partial charge in [-0.15, -0.1) is 0 Å². The second kappa shape index (κ2) is 4.47. The molecule has 1 aromatic rings. The number of hydrogen-bond donors (Lipinski definition) is 0. The first-order chi connectivity index (χ1) is 5.86. The lowest BCUT2D eigenvalue weighted by Gasteiger charge is -2.13. The lowest BCUT2D eigenvalue weighted by molar-refractivity contribution is 0.600. The largest absolute Gasteiger partial charge is 0.227 e. The minimum atomic E-state index is -3.22. The van der Waals surface area contributed by atoms with Crippen LogP contribution in [0, 0.1) is 0 Å². The second-order valence-electron chi connectivity index (χ2n) is 2.26. The Bertz CT molecular complexity index is 380. The molecule has 72 valence electrons. The van der Waals surface area contributed by atoms with Gasteiger partial charge < -0.3 is 0 Å². The molecule has 0 amide bonds. The summed E-state index contributed by atoms with van der Waals surface area (Å²) in [7, 11) is -3.22. The van der Waals surface area contributed by atoms with E-state index in [-0.39, 0.29) is 0 Å². The normalized spacial score (nSPS) is 12.8. The van der Waals surface area contributed by atoms with Crippen LogP contribution in [0.5, 0.6) is 0 Å². The van der Waals surface area contributed by atoms with Gasteiger partial charge in [-0.1, -0.05) is 18.2 Å². The Balaban J connectivity index is 3.26. The third-order valence-electron chi connectivity index (χ3n) is 1.36. The molecule has 0 bridgehead atoms. The van der Waals surface area contributed by atoms with Crippen LogP contribution >= 0.6 is 67.8 Å². The third kappa shape index (κ3) is 2.91. The van der Waals surface area contributed by atoms with Crippen molar-refractivity contribution in [2.45, 2.75) is 3.66 Å². The topological polar surface area (TPSA) is 34.1 Å². The molecule has 6 heteroatoms. The molecule has 1 rings (SSSR count). The first-order valence-electron chi connectivity index (χ1n) is 3.22. The van der Waals surface area contributed by atoms with Gasteiger partial charge in [0, 0.05) is 0 Å². The minimum absolute atomic E-state index is 0.369. The van der Waals surface area contributed by atoms with Crippen molar-refractivity contribution in [3.05, 3.63) is 30.3 Å². The van der Waals surface area contributed by atoms with Gasteiger partial charge in [0.05, 0.1) is 4.90 Å². The predicted octanol–water partition coefficient (Wildman–Crippen LogP) is 3.38. The number of halogens is 3. The standard InChI is InChI=1S/C7H5I3O2S/c8-7(9,10)13(11,12)6-4-2-1-3-5-6/h1-5H. The molecule has 0 fully saturated rings. The average Bonchev–Trinajstić information content (AvgIpc) is 2.04. The Labute approximate surface area is 118 Å². The van der Waals surface area contributed by atoms with Crippen molar-refractivity contribution in [2.75, 3.05) is 0 Å². The van der Waals surface area contributed by atoms with Crippen LogP contribution in [0.1, 0.15) is 0 Å². The van der Waals surface area contributed by atoms with Gasteiger partial charge in [0.1, 0.15) is 0 Å². The molecule has 0 unspecified atom stereocenters. The van der Waals surface area contributed by atoms with E-state index in [0.717, 1.165) is 0 Å². The van der Waals surface area contributed by atoms with E-state index in [1.807, 2.05) is 67.8 Å². The monoisotopic (exact) mass is 534 g/mol. The maximum atomic E-state index is 11.8. The predicted molar refractivity (Wildman–Crippen MR) is 78.4 cm³/mol. The number of hydrogen-bond acceptors (Lipinski definition) is 2. The summed E-state index contributed by atoms with van der Waals surface area (Å²) < 4.78 is 22.8. The molecule has 0 aliphatic heterocycles. The fraction of sp³-hybridized carbons (Fsp3) is 0.143. The summed E-state index contributed by atoms with van der Waals surface area (Å²) in [6.07, 6.45) is 0. The van der Waals surface area contributed by atoms with Gasteiger partial charge in [-0.25, -0.2) is 8.42 Å². The van der Waals surface area contributed by atoms with Crippen molar-refractivity contribution >= 4 is 77.6 Å². The Morgan fingerprint density at radius 1 is 1.00 bits per heavy atom. The smallest absolute Gasteiger partial charge is 0.221 e. The van der Waals surface area contributed by atoms with E-state index in [1.54, 1.807) is 30.3 Å². The summed E-state index contributed by atoms with van der Waals surface area (Å²) in [4.78, 5) is 0.369. The van der Waals surface area contributed by atoms with Gasteiger partial charge in [-0.05, 0) is 79.9 Å². The van der Waals surface area contributed by atoms with Gasteiger partial charge in [0.15, 0.2) is 0 Å². The van der Waals surface area contributed by atoms with Crippen molar-refractivity contribution in [1.29, 1.82) is 0 Å². The van der Waals surface area contributed by atoms with Crippen LogP contribution in [-0.2, 0) is 9.84 Å². The van der Waals surface area contributed by atoms with E-state index in [4.69, 9.17) is 0 Å². The van der Waals surface area contributed by atoms with Crippen molar-refractivity contribution in [3.8, 4) is 0 Å². The first kappa shape index (κ1) is 12.4. The van der Waals surface area contributed by atoms with E-state index >= 15 is 0 Å². The molecule has 0 radical (unpaired) electrons. The van der Waals surface area contributed by atoms with Gasteiger partial charge in [0.2, 0.25) is 8.60 Å². The van der Waals surface area contributed by atoms with Crippen LogP contribution in [0.4, 0.5) is 0 Å². The highest BCUT2D eigenvalue weighted by molar-refractivity contribution is 14.3. The fourth-order valence-electron chi connectivity index (χ4n) is 0.733. The summed E-state index contributed by atoms with van der Waals surface area (Å²) in [5.74, 6) is 0. The molecule has 0 aliphatic carbocycles. The highest BCUT2D eigenvalue weighted by atomic mass is 127. The molecular formula is C7H5I3O2S. The quantitative estimate of drug-likeness (QED) is 0.432. The van der Waals surface area contributed by atoms with Gasteiger partial charge in [-0.3, -0.25) is 0 Å². The highest BCUT2D eigenvalue weighted by Gasteiger charge is 2.36. The SMILES string of the molecule is O=S(=O)(c1ccccc1)C(I)(I)I. The van der Waals surface area contributed by atoms with E-state index < -0.39 is 8.60 Å². The van der Waals surface area contributed by atoms with Crippen LogP contribution in [0.15, 0.2) is 35.2 Å². The van der Waals surface area contributed by atoms with Crippen molar-refractivity contribution in [3.63, 3.8) is 0 Å². The zero-order valence-electron chi connectivity index (χ0n) is 6.25. The zero-order valence-corrected chi connectivity index (χ0v) is 13.5. The Kier molecular flexibility index (Phi) is 4.28. The third-order valence-corrected chi connectivity index (χ3v) is 8.08. The van der Waals surface area contributed by atoms with Crippen molar-refractivity contribution < 1.29 is 8.42 Å². The second-order valence-corrected chi connectivity index (χ2v) is 17.6. The van der Waals surface area contributed by atoms with E-state index in [1.165, 1.54) is 0 Å². The summed E-state index contributed by atoms with van der Waals surface area (Å²) in [5, 5.41) is 0. The molecule has 0 N–H and O–H groups in total. The Morgan fingerprint density at radius 2 is 1.46 bits per heavy atom. The summed E-state index contributed by atoms with van der Waals surface area (Å²) in [5.41, 5.74) is 0.